The molecule has 90 heavy (non-hydrogen) atoms. The molecule has 15 nitrogen and oxygen atoms in total. The lowest BCUT2D eigenvalue weighted by atomic mass is 9.71. The smallest absolute Gasteiger partial charge is 0.161 e. The molecule has 0 aromatic heterocycles. The Morgan fingerprint density at radius 2 is 0.878 bits per heavy atom. The molecule has 3 saturated carbocycles. The lowest BCUT2D eigenvalue weighted by molar-refractivity contribution is -0.125. The van der Waals surface area contributed by atoms with Crippen LogP contribution < -0.4 is 28.4 Å². The number of allylic oxidation sites excluding steroid dienone is 2. The normalized spacial score (nSPS) is 22.5. The maximum atomic E-state index is 11.3. The zero-order chi connectivity index (χ0) is 65.9. The number of nitrogens with zero attached hydrogens (tertiary/aromatic N) is 5. The lowest BCUT2D eigenvalue weighted by Gasteiger charge is -2.42. The van der Waals surface area contributed by atoms with Gasteiger partial charge in [-0.2, -0.15) is 0 Å². The van der Waals surface area contributed by atoms with Crippen LogP contribution in [-0.4, -0.2) is 191 Å². The maximum absolute atomic E-state index is 11.3. The zero-order valence-electron chi connectivity index (χ0n) is 58.2. The number of phenols is 2. The molecule has 0 amide bonds. The second kappa shape index (κ2) is 38.3. The van der Waals surface area contributed by atoms with Gasteiger partial charge >= 0.3 is 0 Å². The maximum Gasteiger partial charge on any atom is 0.161 e. The number of aromatic hydroxyl groups is 2. The van der Waals surface area contributed by atoms with Gasteiger partial charge in [0.15, 0.2) is 46.0 Å². The van der Waals surface area contributed by atoms with Crippen LogP contribution in [0.2, 0.25) is 0 Å². The van der Waals surface area contributed by atoms with Crippen molar-refractivity contribution >= 4 is 16.9 Å². The highest BCUT2D eigenvalue weighted by Crippen LogP contribution is 2.45. The van der Waals surface area contributed by atoms with Gasteiger partial charge in [-0.25, -0.2) is 0 Å². The summed E-state index contributed by atoms with van der Waals surface area (Å²) in [5.74, 6) is 7.97. The van der Waals surface area contributed by atoms with E-state index < -0.39 is 5.60 Å². The predicted octanol–water partition coefficient (Wildman–Crippen LogP) is 13.8. The van der Waals surface area contributed by atoms with Crippen molar-refractivity contribution in [1.29, 1.82) is 0 Å². The first-order chi connectivity index (χ1) is 43.1. The summed E-state index contributed by atoms with van der Waals surface area (Å²) >= 11 is 0. The Balaban J connectivity index is 0.000000207. The molecule has 0 heterocycles. The van der Waals surface area contributed by atoms with Crippen molar-refractivity contribution in [2.24, 2.45) is 29.6 Å². The average molecular weight is 1250 g/mol. The Labute approximate surface area is 543 Å². The number of carbonyl (C=O) groups is 1. The Morgan fingerprint density at radius 3 is 1.36 bits per heavy atom. The van der Waals surface area contributed by atoms with E-state index in [0.29, 0.717) is 46.9 Å². The number of aliphatic hydroxyl groups is 1. The van der Waals surface area contributed by atoms with Crippen LogP contribution in [0.1, 0.15) is 144 Å². The van der Waals surface area contributed by atoms with Crippen LogP contribution in [0.25, 0.3) is 11.1 Å². The number of hydrogen-bond acceptors (Lipinski definition) is 15. The molecule has 4 aromatic carbocycles. The SMILES string of the molecule is CN(C)CC1CCCCC1=O.CN(C)CC1CCCCC1c1ccc(O)c(O)c1.COc1ccc(C2(O)CCCCC2CN(C)C)cc1OC.COc1ccc(C2=CCCCC2CN(C)C)cc1OC.COc1ccc(C2=CCCCC2CN(C)C)cc1OC. The molecular weight excluding hydrogens is 1130 g/mol. The molecule has 7 atom stereocenters. The average Bonchev–Trinajstić information content (AvgIpc) is 0.825. The van der Waals surface area contributed by atoms with Crippen molar-refractivity contribution in [3.63, 3.8) is 0 Å². The molecule has 9 rings (SSSR count). The van der Waals surface area contributed by atoms with E-state index in [1.807, 2.05) is 50.5 Å². The van der Waals surface area contributed by atoms with Gasteiger partial charge in [-0.1, -0.05) is 68.5 Å². The van der Waals surface area contributed by atoms with Crippen molar-refractivity contribution in [2.45, 2.75) is 127 Å². The first-order valence-electron chi connectivity index (χ1n) is 33.2. The predicted molar refractivity (Wildman–Crippen MR) is 369 cm³/mol. The Kier molecular flexibility index (Phi) is 31.8. The summed E-state index contributed by atoms with van der Waals surface area (Å²) < 4.78 is 32.1. The molecule has 7 unspecified atom stereocenters. The molecule has 0 bridgehead atoms. The standard InChI is InChI=1S/C17H27NO3.2C17H25NO2.C15H23NO2.C9H17NO/c1-18(2)12-14-7-5-6-10-17(14,19)13-8-9-15(20-3)16(11-13)21-4;2*1-18(2)12-14-7-5-6-8-15(14)13-9-10-16(19-3)17(11-13)20-4;1-16(2)10-12-5-3-4-6-13(12)11-7-8-14(17)15(18)9-11;1-10(2)7-8-5-3-4-6-9(8)11/h8-9,11,14,19H,5-7,10,12H2,1-4H3;2*8-11,14H,5-7,12H2,1-4H3;7-9,12-13,17-18H,3-6,10H2,1-2H3;8H,3-7H2,1-2H3. The third-order valence-electron chi connectivity index (χ3n) is 18.4. The summed E-state index contributed by atoms with van der Waals surface area (Å²) in [5, 5.41) is 30.3. The highest BCUT2D eigenvalue weighted by molar-refractivity contribution is 5.81. The summed E-state index contributed by atoms with van der Waals surface area (Å²) in [5.41, 5.74) is 6.74. The van der Waals surface area contributed by atoms with Crippen LogP contribution >= 0.6 is 0 Å². The number of benzene rings is 4. The van der Waals surface area contributed by atoms with Crippen molar-refractivity contribution < 1.29 is 48.5 Å². The molecule has 3 N–H and O–H groups in total. The number of ether oxygens (including phenoxy) is 6. The van der Waals surface area contributed by atoms with Crippen molar-refractivity contribution in [3.8, 4) is 46.0 Å². The third kappa shape index (κ3) is 22.8. The monoisotopic (exact) mass is 1250 g/mol. The van der Waals surface area contributed by atoms with Crippen molar-refractivity contribution in [3.05, 3.63) is 107 Å². The summed E-state index contributed by atoms with van der Waals surface area (Å²) in [7, 11) is 30.9. The highest BCUT2D eigenvalue weighted by atomic mass is 16.5. The van der Waals surface area contributed by atoms with Gasteiger partial charge in [-0.15, -0.1) is 0 Å². The number of Topliss-reactive ketones (excluding diaryl/α,β-unsaturated/α-hetero) is 1. The molecule has 3 fully saturated rings. The van der Waals surface area contributed by atoms with Gasteiger partial charge in [0, 0.05) is 51.0 Å². The van der Waals surface area contributed by atoms with E-state index in [0.717, 1.165) is 105 Å². The third-order valence-corrected chi connectivity index (χ3v) is 18.4. The van der Waals surface area contributed by atoms with Crippen LogP contribution in [-0.2, 0) is 10.4 Å². The first-order valence-corrected chi connectivity index (χ1v) is 33.2. The minimum absolute atomic E-state index is 0.00155. The zero-order valence-corrected chi connectivity index (χ0v) is 58.2. The minimum Gasteiger partial charge on any atom is -0.504 e. The van der Waals surface area contributed by atoms with Crippen molar-refractivity contribution in [1.82, 2.24) is 24.5 Å². The van der Waals surface area contributed by atoms with Crippen LogP contribution in [0.3, 0.4) is 0 Å². The molecule has 502 valence electrons. The molecule has 0 spiro atoms. The second-order valence-electron chi connectivity index (χ2n) is 26.8. The number of carbonyl (C=O) groups excluding carboxylic acids is 1. The van der Waals surface area contributed by atoms with E-state index in [1.165, 1.54) is 99.3 Å². The topological polar surface area (TPSA) is 149 Å². The van der Waals surface area contributed by atoms with Crippen LogP contribution in [0.5, 0.6) is 46.0 Å². The highest BCUT2D eigenvalue weighted by Gasteiger charge is 2.41. The van der Waals surface area contributed by atoms with Crippen LogP contribution in [0.15, 0.2) is 84.9 Å². The van der Waals surface area contributed by atoms with Gasteiger partial charge in [0.05, 0.1) is 48.3 Å². The van der Waals surface area contributed by atoms with Gasteiger partial charge in [0.2, 0.25) is 0 Å². The molecule has 5 aliphatic rings. The molecule has 5 aliphatic carbocycles. The van der Waals surface area contributed by atoms with E-state index in [4.69, 9.17) is 28.4 Å². The van der Waals surface area contributed by atoms with E-state index in [1.54, 1.807) is 54.8 Å². The first kappa shape index (κ1) is 74.9. The lowest BCUT2D eigenvalue weighted by Crippen LogP contribution is -2.43. The molecule has 0 aliphatic heterocycles. The van der Waals surface area contributed by atoms with Gasteiger partial charge in [-0.05, 0) is 253 Å². The van der Waals surface area contributed by atoms with Gasteiger partial charge in [0.25, 0.3) is 0 Å². The van der Waals surface area contributed by atoms with E-state index in [9.17, 15) is 20.1 Å². The molecule has 0 radical (unpaired) electrons. The summed E-state index contributed by atoms with van der Waals surface area (Å²) in [6.07, 6.45) is 25.6. The van der Waals surface area contributed by atoms with Gasteiger partial charge in [0.1, 0.15) is 5.78 Å². The fourth-order valence-electron chi connectivity index (χ4n) is 14.1. The van der Waals surface area contributed by atoms with E-state index in [2.05, 4.69) is 117 Å². The second-order valence-corrected chi connectivity index (χ2v) is 26.8. The largest absolute Gasteiger partial charge is 0.504 e. The van der Waals surface area contributed by atoms with Gasteiger partial charge < -0.3 is 68.2 Å². The Hall–Kier alpha value is -5.81. The summed E-state index contributed by atoms with van der Waals surface area (Å²) in [6.45, 7) is 5.12. The number of ketones is 1. The molecular formula is C75H117N5O10. The Morgan fingerprint density at radius 1 is 0.433 bits per heavy atom. The van der Waals surface area contributed by atoms with Crippen LogP contribution in [0, 0.1) is 29.6 Å². The quantitative estimate of drug-likeness (QED) is 0.0720. The number of phenolic OH excluding ortho intramolecular Hbond substituents is 2. The van der Waals surface area contributed by atoms with Gasteiger partial charge in [-0.3, -0.25) is 4.79 Å². The fraction of sp³-hybridized carbons (Fsp3) is 0.613. The van der Waals surface area contributed by atoms with E-state index >= 15 is 0 Å². The number of rotatable bonds is 20. The number of methoxy groups -OCH3 is 6. The molecule has 4 aromatic rings. The molecule has 0 saturated heterocycles. The summed E-state index contributed by atoms with van der Waals surface area (Å²) in [6, 6.07) is 23.5. The minimum atomic E-state index is -0.776. The Bertz CT molecular complexity index is 2740. The molecule has 15 heteroatoms. The summed E-state index contributed by atoms with van der Waals surface area (Å²) in [4.78, 5) is 22.3. The van der Waals surface area contributed by atoms with E-state index in [-0.39, 0.29) is 17.4 Å². The van der Waals surface area contributed by atoms with Crippen molar-refractivity contribution in [2.75, 3.05) is 146 Å². The van der Waals surface area contributed by atoms with Crippen LogP contribution in [0.4, 0.5) is 0 Å². The fourth-order valence-corrected chi connectivity index (χ4v) is 14.1. The number of hydrogen-bond donors (Lipinski definition) is 3.